The Morgan fingerprint density at radius 1 is 1.37 bits per heavy atom. The van der Waals surface area contributed by atoms with Crippen molar-refractivity contribution in [3.63, 3.8) is 0 Å². The van der Waals surface area contributed by atoms with E-state index in [-0.39, 0.29) is 12.2 Å². The van der Waals surface area contributed by atoms with Crippen molar-refractivity contribution >= 4 is 25.8 Å². The minimum Gasteiger partial charge on any atom is -0.480 e. The van der Waals surface area contributed by atoms with Gasteiger partial charge in [0.05, 0.1) is 16.8 Å². The van der Waals surface area contributed by atoms with Crippen LogP contribution in [0.1, 0.15) is 27.2 Å². The van der Waals surface area contributed by atoms with Gasteiger partial charge < -0.3 is 5.11 Å². The summed E-state index contributed by atoms with van der Waals surface area (Å²) in [6, 6.07) is -1.29. The van der Waals surface area contributed by atoms with Crippen LogP contribution in [0, 0.1) is 5.41 Å². The van der Waals surface area contributed by atoms with Crippen molar-refractivity contribution < 1.29 is 26.7 Å². The first-order valence-corrected chi connectivity index (χ1v) is 9.16. The van der Waals surface area contributed by atoms with Crippen LogP contribution >= 0.6 is 0 Å². The Bertz CT molecular complexity index is 557. The fraction of sp³-hybridized carbons (Fsp3) is 0.900. The van der Waals surface area contributed by atoms with E-state index in [0.29, 0.717) is 0 Å². The molecule has 1 unspecified atom stereocenters. The maximum Gasteiger partial charge on any atom is 0.322 e. The molecule has 1 fully saturated rings. The highest BCUT2D eigenvalue weighted by Crippen LogP contribution is 2.23. The first kappa shape index (κ1) is 16.4. The molecule has 1 rings (SSSR count). The van der Waals surface area contributed by atoms with Gasteiger partial charge in [0.1, 0.15) is 6.04 Å². The lowest BCUT2D eigenvalue weighted by atomic mass is 9.88. The van der Waals surface area contributed by atoms with E-state index < -0.39 is 48.3 Å². The van der Waals surface area contributed by atoms with Crippen LogP contribution in [-0.4, -0.2) is 50.7 Å². The average Bonchev–Trinajstić information content (AvgIpc) is 2.54. The monoisotopic (exact) mass is 313 g/mol. The topological polar surface area (TPSA) is 118 Å². The van der Waals surface area contributed by atoms with Crippen LogP contribution in [0.2, 0.25) is 0 Å². The van der Waals surface area contributed by atoms with Gasteiger partial charge in [-0.05, 0) is 11.8 Å². The van der Waals surface area contributed by atoms with E-state index in [4.69, 9.17) is 5.11 Å². The maximum atomic E-state index is 12.0. The summed E-state index contributed by atoms with van der Waals surface area (Å²) in [6.45, 7) is 4.79. The van der Waals surface area contributed by atoms with Crippen molar-refractivity contribution in [2.45, 2.75) is 38.5 Å². The Morgan fingerprint density at radius 2 is 1.89 bits per heavy atom. The SMILES string of the molecule is CC(C)(C)[C@H](NS(=O)(=O)C1CCS(=O)(=O)C1)C(=O)O. The third-order valence-electron chi connectivity index (χ3n) is 3.02. The number of nitrogens with one attached hydrogen (secondary N) is 1. The van der Waals surface area contributed by atoms with Crippen molar-refractivity contribution in [3.8, 4) is 0 Å². The number of sulfone groups is 1. The van der Waals surface area contributed by atoms with E-state index in [2.05, 4.69) is 4.72 Å². The molecule has 1 aliphatic heterocycles. The Hall–Kier alpha value is -0.670. The number of hydrogen-bond donors (Lipinski definition) is 2. The average molecular weight is 313 g/mol. The van der Waals surface area contributed by atoms with Crippen LogP contribution < -0.4 is 4.72 Å². The summed E-state index contributed by atoms with van der Waals surface area (Å²) in [4.78, 5) is 11.1. The van der Waals surface area contributed by atoms with Gasteiger partial charge in [0, 0.05) is 0 Å². The number of carbonyl (C=O) groups is 1. The lowest BCUT2D eigenvalue weighted by Crippen LogP contribution is -2.51. The molecule has 0 aliphatic carbocycles. The Morgan fingerprint density at radius 3 is 2.21 bits per heavy atom. The molecule has 0 radical (unpaired) electrons. The van der Waals surface area contributed by atoms with Gasteiger partial charge >= 0.3 is 5.97 Å². The van der Waals surface area contributed by atoms with Crippen molar-refractivity contribution in [2.24, 2.45) is 5.41 Å². The van der Waals surface area contributed by atoms with Gasteiger partial charge in [-0.1, -0.05) is 20.8 Å². The minimum atomic E-state index is -3.97. The fourth-order valence-corrected chi connectivity index (χ4v) is 6.30. The van der Waals surface area contributed by atoms with Gasteiger partial charge in [-0.25, -0.2) is 21.6 Å². The van der Waals surface area contributed by atoms with Crippen LogP contribution in [0.3, 0.4) is 0 Å². The molecule has 0 aromatic heterocycles. The lowest BCUT2D eigenvalue weighted by Gasteiger charge is -2.28. The van der Waals surface area contributed by atoms with Gasteiger partial charge in [0.2, 0.25) is 10.0 Å². The second-order valence-electron chi connectivity index (χ2n) is 5.83. The predicted octanol–water partition coefficient (Wildman–Crippen LogP) is -0.408. The van der Waals surface area contributed by atoms with Gasteiger partial charge in [-0.2, -0.15) is 0 Å². The summed E-state index contributed by atoms with van der Waals surface area (Å²) in [5.41, 5.74) is -0.809. The zero-order valence-corrected chi connectivity index (χ0v) is 12.7. The zero-order chi connectivity index (χ0) is 15.1. The Balaban J connectivity index is 2.94. The van der Waals surface area contributed by atoms with Gasteiger partial charge in [0.15, 0.2) is 9.84 Å². The zero-order valence-electron chi connectivity index (χ0n) is 11.1. The first-order valence-electron chi connectivity index (χ1n) is 5.79. The molecule has 0 spiro atoms. The molecule has 1 aliphatic rings. The van der Waals surface area contributed by atoms with Crippen LogP contribution in [0.25, 0.3) is 0 Å². The van der Waals surface area contributed by atoms with Crippen molar-refractivity contribution in [2.75, 3.05) is 11.5 Å². The Kier molecular flexibility index (Phi) is 4.33. The Labute approximate surface area is 113 Å². The highest BCUT2D eigenvalue weighted by molar-refractivity contribution is 7.95. The summed E-state index contributed by atoms with van der Waals surface area (Å²) in [7, 11) is -7.31. The minimum absolute atomic E-state index is 0.00808. The van der Waals surface area contributed by atoms with E-state index in [1.165, 1.54) is 0 Å². The number of hydrogen-bond acceptors (Lipinski definition) is 5. The number of sulfonamides is 1. The third kappa shape index (κ3) is 4.15. The molecule has 2 N–H and O–H groups in total. The quantitative estimate of drug-likeness (QED) is 0.728. The smallest absolute Gasteiger partial charge is 0.322 e. The van der Waals surface area contributed by atoms with Crippen LogP contribution in [0.15, 0.2) is 0 Å². The molecule has 1 saturated heterocycles. The number of rotatable bonds is 4. The van der Waals surface area contributed by atoms with E-state index >= 15 is 0 Å². The van der Waals surface area contributed by atoms with Crippen LogP contribution in [-0.2, 0) is 24.7 Å². The molecule has 112 valence electrons. The summed E-state index contributed by atoms with van der Waals surface area (Å²) >= 11 is 0. The first-order chi connectivity index (χ1) is 8.35. The molecule has 0 amide bonds. The lowest BCUT2D eigenvalue weighted by molar-refractivity contribution is -0.141. The molecule has 0 aromatic rings. The van der Waals surface area contributed by atoms with E-state index in [1.807, 2.05) is 0 Å². The van der Waals surface area contributed by atoms with E-state index in [0.717, 1.165) is 0 Å². The normalized spacial score (nSPS) is 25.1. The summed E-state index contributed by atoms with van der Waals surface area (Å²) < 4.78 is 48.8. The van der Waals surface area contributed by atoms with E-state index in [9.17, 15) is 21.6 Å². The number of aliphatic carboxylic acids is 1. The maximum absolute atomic E-state index is 12.0. The van der Waals surface area contributed by atoms with Gasteiger partial charge in [0.25, 0.3) is 0 Å². The molecular formula is C10H19NO6S2. The van der Waals surface area contributed by atoms with Crippen LogP contribution in [0.4, 0.5) is 0 Å². The van der Waals surface area contributed by atoms with Crippen molar-refractivity contribution in [1.29, 1.82) is 0 Å². The summed E-state index contributed by atoms with van der Waals surface area (Å²) in [6.07, 6.45) is 0.00808. The molecule has 1 heterocycles. The largest absolute Gasteiger partial charge is 0.480 e. The molecule has 0 saturated carbocycles. The molecular weight excluding hydrogens is 294 g/mol. The molecule has 19 heavy (non-hydrogen) atoms. The summed E-state index contributed by atoms with van der Waals surface area (Å²) in [5.74, 6) is -1.90. The number of carboxylic acids is 1. The molecule has 0 bridgehead atoms. The highest BCUT2D eigenvalue weighted by atomic mass is 32.2. The predicted molar refractivity (Wildman–Crippen MR) is 70.0 cm³/mol. The van der Waals surface area contributed by atoms with E-state index in [1.54, 1.807) is 20.8 Å². The molecule has 7 nitrogen and oxygen atoms in total. The fourth-order valence-electron chi connectivity index (χ4n) is 1.86. The summed E-state index contributed by atoms with van der Waals surface area (Å²) in [5, 5.41) is 8.00. The van der Waals surface area contributed by atoms with Crippen molar-refractivity contribution in [3.05, 3.63) is 0 Å². The highest BCUT2D eigenvalue weighted by Gasteiger charge is 2.41. The molecule has 2 atom stereocenters. The van der Waals surface area contributed by atoms with Crippen LogP contribution in [0.5, 0.6) is 0 Å². The third-order valence-corrected chi connectivity index (χ3v) is 6.85. The number of carboxylic acid groups (broad SMARTS) is 1. The second kappa shape index (κ2) is 5.02. The molecule has 9 heteroatoms. The second-order valence-corrected chi connectivity index (χ2v) is 10.0. The van der Waals surface area contributed by atoms with Gasteiger partial charge in [-0.15, -0.1) is 0 Å². The molecule has 0 aromatic carbocycles. The van der Waals surface area contributed by atoms with Gasteiger partial charge in [-0.3, -0.25) is 4.79 Å². The standard InChI is InChI=1S/C10H19NO6S2/c1-10(2,3)8(9(12)13)11-19(16,17)7-4-5-18(14,15)6-7/h7-8,11H,4-6H2,1-3H3,(H,12,13)/t7?,8-/m1/s1. The van der Waals surface area contributed by atoms with Crippen molar-refractivity contribution in [1.82, 2.24) is 4.72 Å².